The lowest BCUT2D eigenvalue weighted by Crippen LogP contribution is -2.08. The quantitative estimate of drug-likeness (QED) is 0.353. The molecule has 0 aliphatic heterocycles. The van der Waals surface area contributed by atoms with Crippen LogP contribution in [0.1, 0.15) is 15.9 Å². The van der Waals surface area contributed by atoms with Gasteiger partial charge in [0.05, 0.1) is 12.7 Å². The van der Waals surface area contributed by atoms with Crippen molar-refractivity contribution in [1.29, 1.82) is 0 Å². The van der Waals surface area contributed by atoms with E-state index in [9.17, 15) is 14.9 Å². The minimum atomic E-state index is -0.863. The molecule has 114 valence electrons. The highest BCUT2D eigenvalue weighted by molar-refractivity contribution is 5.91. The standard InChI is InChI=1S/C15H13NO6/c1-20-13-8-4-12(5-9-13)15(17)22-14-6-2-11(3-7-14)10-21-16(18)19/h2-9H,10H2,1H3. The SMILES string of the molecule is COc1ccc(C(=O)Oc2ccc(CO[N+](=O)[O-])cc2)cc1. The van der Waals surface area contributed by atoms with Gasteiger partial charge in [0.15, 0.2) is 0 Å². The van der Waals surface area contributed by atoms with E-state index in [0.29, 0.717) is 22.6 Å². The summed E-state index contributed by atoms with van der Waals surface area (Å²) in [4.78, 5) is 26.3. The summed E-state index contributed by atoms with van der Waals surface area (Å²) in [7, 11) is 1.54. The van der Waals surface area contributed by atoms with Gasteiger partial charge in [0.2, 0.25) is 0 Å². The normalized spacial score (nSPS) is 9.86. The zero-order valence-corrected chi connectivity index (χ0v) is 11.7. The Hall–Kier alpha value is -3.09. The molecule has 0 aliphatic carbocycles. The molecule has 0 heterocycles. The van der Waals surface area contributed by atoms with Crippen molar-refractivity contribution in [3.05, 3.63) is 69.8 Å². The Balaban J connectivity index is 1.97. The van der Waals surface area contributed by atoms with E-state index >= 15 is 0 Å². The third-order valence-corrected chi connectivity index (χ3v) is 2.80. The van der Waals surface area contributed by atoms with Gasteiger partial charge in [0.25, 0.3) is 5.09 Å². The van der Waals surface area contributed by atoms with Crippen molar-refractivity contribution < 1.29 is 24.2 Å². The van der Waals surface area contributed by atoms with Gasteiger partial charge in [0.1, 0.15) is 18.1 Å². The smallest absolute Gasteiger partial charge is 0.343 e. The van der Waals surface area contributed by atoms with E-state index in [0.717, 1.165) is 0 Å². The van der Waals surface area contributed by atoms with Gasteiger partial charge in [-0.2, -0.15) is 0 Å². The number of nitrogens with zero attached hydrogens (tertiary/aromatic N) is 1. The number of ether oxygens (including phenoxy) is 2. The fraction of sp³-hybridized carbons (Fsp3) is 0.133. The van der Waals surface area contributed by atoms with Crippen LogP contribution >= 0.6 is 0 Å². The van der Waals surface area contributed by atoms with Gasteiger partial charge in [0, 0.05) is 0 Å². The van der Waals surface area contributed by atoms with E-state index in [1.165, 1.54) is 7.11 Å². The molecule has 0 fully saturated rings. The van der Waals surface area contributed by atoms with Gasteiger partial charge in [-0.15, -0.1) is 10.1 Å². The first-order valence-electron chi connectivity index (χ1n) is 6.31. The van der Waals surface area contributed by atoms with Crippen LogP contribution in [0.4, 0.5) is 0 Å². The van der Waals surface area contributed by atoms with Crippen molar-refractivity contribution in [2.75, 3.05) is 7.11 Å². The van der Waals surface area contributed by atoms with Gasteiger partial charge in [-0.25, -0.2) is 4.79 Å². The summed E-state index contributed by atoms with van der Waals surface area (Å²) in [5.74, 6) is 0.481. The first-order valence-corrected chi connectivity index (χ1v) is 6.31. The van der Waals surface area contributed by atoms with Crippen molar-refractivity contribution >= 4 is 5.97 Å². The Morgan fingerprint density at radius 2 is 1.64 bits per heavy atom. The Morgan fingerprint density at radius 3 is 2.18 bits per heavy atom. The predicted octanol–water partition coefficient (Wildman–Crippen LogP) is 2.62. The minimum Gasteiger partial charge on any atom is -0.497 e. The van der Waals surface area contributed by atoms with Crippen molar-refractivity contribution in [2.24, 2.45) is 0 Å². The Morgan fingerprint density at radius 1 is 1.05 bits per heavy atom. The van der Waals surface area contributed by atoms with Gasteiger partial charge in [-0.3, -0.25) is 0 Å². The summed E-state index contributed by atoms with van der Waals surface area (Å²) >= 11 is 0. The maximum absolute atomic E-state index is 11.9. The number of hydrogen-bond donors (Lipinski definition) is 0. The molecule has 7 nitrogen and oxygen atoms in total. The molecule has 0 bridgehead atoms. The molecule has 0 spiro atoms. The molecule has 0 saturated heterocycles. The number of methoxy groups -OCH3 is 1. The van der Waals surface area contributed by atoms with Gasteiger partial charge in [-0.05, 0) is 42.0 Å². The number of hydrogen-bond acceptors (Lipinski definition) is 6. The van der Waals surface area contributed by atoms with E-state index in [4.69, 9.17) is 9.47 Å². The van der Waals surface area contributed by atoms with Gasteiger partial charge < -0.3 is 14.3 Å². The summed E-state index contributed by atoms with van der Waals surface area (Å²) in [6.07, 6.45) is 0. The average molecular weight is 303 g/mol. The zero-order valence-electron chi connectivity index (χ0n) is 11.7. The molecular weight excluding hydrogens is 290 g/mol. The third-order valence-electron chi connectivity index (χ3n) is 2.80. The number of esters is 1. The van der Waals surface area contributed by atoms with Crippen molar-refractivity contribution in [3.63, 3.8) is 0 Å². The molecule has 0 saturated carbocycles. The monoisotopic (exact) mass is 303 g/mol. The molecular formula is C15H13NO6. The number of carbonyl (C=O) groups is 1. The van der Waals surface area contributed by atoms with Crippen LogP contribution in [0.2, 0.25) is 0 Å². The molecule has 0 N–H and O–H groups in total. The number of carbonyl (C=O) groups excluding carboxylic acids is 1. The van der Waals surface area contributed by atoms with E-state index in [-0.39, 0.29) is 6.61 Å². The van der Waals surface area contributed by atoms with Crippen LogP contribution < -0.4 is 9.47 Å². The van der Waals surface area contributed by atoms with Crippen LogP contribution in [0, 0.1) is 10.1 Å². The number of rotatable bonds is 6. The molecule has 2 aromatic rings. The van der Waals surface area contributed by atoms with Gasteiger partial charge in [-0.1, -0.05) is 12.1 Å². The molecule has 0 atom stereocenters. The van der Waals surface area contributed by atoms with Crippen molar-refractivity contribution in [2.45, 2.75) is 6.61 Å². The molecule has 22 heavy (non-hydrogen) atoms. The van der Waals surface area contributed by atoms with E-state index < -0.39 is 11.1 Å². The van der Waals surface area contributed by atoms with E-state index in [1.807, 2.05) is 0 Å². The highest BCUT2D eigenvalue weighted by Crippen LogP contribution is 2.16. The molecule has 7 heteroatoms. The van der Waals surface area contributed by atoms with Crippen molar-refractivity contribution in [1.82, 2.24) is 0 Å². The summed E-state index contributed by atoms with van der Waals surface area (Å²) in [6, 6.07) is 12.8. The first-order chi connectivity index (χ1) is 10.6. The third kappa shape index (κ3) is 4.20. The molecule has 0 aromatic heterocycles. The lowest BCUT2D eigenvalue weighted by molar-refractivity contribution is -0.763. The summed E-state index contributed by atoms with van der Waals surface area (Å²) in [5.41, 5.74) is 0.988. The van der Waals surface area contributed by atoms with Gasteiger partial charge >= 0.3 is 5.97 Å². The van der Waals surface area contributed by atoms with E-state index in [2.05, 4.69) is 4.84 Å². The highest BCUT2D eigenvalue weighted by Gasteiger charge is 2.09. The second-order valence-electron chi connectivity index (χ2n) is 4.26. The Kier molecular flexibility index (Phi) is 4.92. The molecule has 0 aliphatic rings. The van der Waals surface area contributed by atoms with Crippen molar-refractivity contribution in [3.8, 4) is 11.5 Å². The fourth-order valence-corrected chi connectivity index (χ4v) is 1.67. The van der Waals surface area contributed by atoms with Crippen LogP contribution in [0.25, 0.3) is 0 Å². The highest BCUT2D eigenvalue weighted by atomic mass is 16.9. The molecule has 2 rings (SSSR count). The Bertz CT molecular complexity index is 651. The first kappa shape index (κ1) is 15.3. The topological polar surface area (TPSA) is 87.9 Å². The molecule has 2 aromatic carbocycles. The van der Waals surface area contributed by atoms with Crippen LogP contribution in [-0.4, -0.2) is 18.2 Å². The largest absolute Gasteiger partial charge is 0.497 e. The maximum atomic E-state index is 11.9. The molecule has 0 unspecified atom stereocenters. The summed E-state index contributed by atoms with van der Waals surface area (Å²) in [6.45, 7) is -0.153. The molecule has 0 radical (unpaired) electrons. The Labute approximate surface area is 126 Å². The van der Waals surface area contributed by atoms with Crippen LogP contribution in [-0.2, 0) is 11.4 Å². The molecule has 0 amide bonds. The fourth-order valence-electron chi connectivity index (χ4n) is 1.67. The van der Waals surface area contributed by atoms with Crippen LogP contribution in [0.5, 0.6) is 11.5 Å². The zero-order chi connectivity index (χ0) is 15.9. The average Bonchev–Trinajstić information content (AvgIpc) is 2.54. The van der Waals surface area contributed by atoms with Crippen LogP contribution in [0.15, 0.2) is 48.5 Å². The minimum absolute atomic E-state index is 0.153. The second kappa shape index (κ2) is 7.07. The number of benzene rings is 2. The second-order valence-corrected chi connectivity index (χ2v) is 4.26. The summed E-state index contributed by atoms with van der Waals surface area (Å²) in [5, 5.41) is 9.23. The lowest BCUT2D eigenvalue weighted by Gasteiger charge is -2.06. The predicted molar refractivity (Wildman–Crippen MR) is 76.2 cm³/mol. The lowest BCUT2D eigenvalue weighted by atomic mass is 10.2. The van der Waals surface area contributed by atoms with E-state index in [1.54, 1.807) is 48.5 Å². The maximum Gasteiger partial charge on any atom is 0.343 e. The van der Waals surface area contributed by atoms with Crippen LogP contribution in [0.3, 0.4) is 0 Å². The summed E-state index contributed by atoms with van der Waals surface area (Å²) < 4.78 is 10.2.